The first-order valence-electron chi connectivity index (χ1n) is 21.4. The van der Waals surface area contributed by atoms with Crippen molar-refractivity contribution in [2.24, 2.45) is 29.4 Å². The number of hydrogen-bond donors (Lipinski definition) is 12. The maximum absolute atomic E-state index is 13.7. The van der Waals surface area contributed by atoms with Crippen molar-refractivity contribution in [3.63, 3.8) is 0 Å². The van der Waals surface area contributed by atoms with E-state index in [4.69, 9.17) is 5.73 Å². The number of aliphatic hydroxyl groups excluding tert-OH is 2. The van der Waals surface area contributed by atoms with Crippen molar-refractivity contribution < 1.29 is 58.5 Å². The Morgan fingerprint density at radius 2 is 0.921 bits per heavy atom. The first-order chi connectivity index (χ1) is 29.1. The van der Waals surface area contributed by atoms with Crippen molar-refractivity contribution in [3.8, 4) is 0 Å². The molecule has 22 heteroatoms. The van der Waals surface area contributed by atoms with E-state index < -0.39 is 126 Å². The molecule has 0 unspecified atom stereocenters. The normalized spacial score (nSPS) is 16.2. The molecule has 362 valence electrons. The average Bonchev–Trinajstić information content (AvgIpc) is 3.16. The Morgan fingerprint density at radius 1 is 0.508 bits per heavy atom. The number of aliphatic carboxylic acids is 1. The molecule has 0 saturated carbocycles. The molecule has 0 saturated heterocycles. The molecule has 0 aromatic carbocycles. The maximum atomic E-state index is 13.7. The largest absolute Gasteiger partial charge is 0.480 e. The average molecular weight is 918 g/mol. The molecule has 0 aromatic heterocycles. The van der Waals surface area contributed by atoms with Gasteiger partial charge in [-0.3, -0.25) is 38.4 Å². The van der Waals surface area contributed by atoms with Crippen LogP contribution in [0.1, 0.15) is 102 Å². The molecule has 10 atom stereocenters. The lowest BCUT2D eigenvalue weighted by atomic mass is 9.99. The quantitative estimate of drug-likeness (QED) is 0.0396. The Morgan fingerprint density at radius 3 is 1.35 bits per heavy atom. The number of nitrogens with two attached hydrogens (primary N) is 1. The third-order valence-corrected chi connectivity index (χ3v) is 10.2. The van der Waals surface area contributed by atoms with Crippen molar-refractivity contribution in [3.05, 3.63) is 0 Å². The molecule has 0 heterocycles. The number of carbonyl (C=O) groups excluding carboxylic acids is 8. The predicted octanol–water partition coefficient (Wildman–Crippen LogP) is -1.76. The van der Waals surface area contributed by atoms with E-state index in [0.29, 0.717) is 5.75 Å². The van der Waals surface area contributed by atoms with Gasteiger partial charge in [-0.2, -0.15) is 11.8 Å². The smallest absolute Gasteiger partial charge is 0.326 e. The number of amides is 8. The molecule has 63 heavy (non-hydrogen) atoms. The third-order valence-electron chi connectivity index (χ3n) is 9.57. The summed E-state index contributed by atoms with van der Waals surface area (Å²) >= 11 is 1.38. The topological polar surface area (TPSA) is 337 Å². The van der Waals surface area contributed by atoms with Crippen LogP contribution in [-0.4, -0.2) is 148 Å². The van der Waals surface area contributed by atoms with Crippen molar-refractivity contribution in [2.75, 3.05) is 18.6 Å². The second-order valence-corrected chi connectivity index (χ2v) is 18.5. The first kappa shape index (κ1) is 58.5. The summed E-state index contributed by atoms with van der Waals surface area (Å²) in [5.74, 6) is -7.89. The standard InChI is InChI=1S/C41H75N9O12S/c1-19(2)15-27(45-30(53)18-43-34(54)23(9)44-36(56)28(16-20(3)4)48-39(59)31(42)24(10)51)37(57)47-29(17-21(5)6)38(58)50-33(25(11)52)40(60)46-26(13-14-63-12)35(55)49-32(22(7)8)41(61)62/h19-29,31-33,51-52H,13-18,42H2,1-12H3,(H,43,54)(H,44,56)(H,45,53)(H,46,60)(H,47,57)(H,48,59)(H,49,55)(H,50,58)(H,61,62)/t23-,24+,25+,26-,27-,28-,29-,31-,32+,33-/m0/s1. The molecule has 0 spiro atoms. The van der Waals surface area contributed by atoms with Crippen molar-refractivity contribution in [1.82, 2.24) is 42.5 Å². The summed E-state index contributed by atoms with van der Waals surface area (Å²) in [4.78, 5) is 117. The second kappa shape index (κ2) is 29.0. The number of carboxylic acids is 1. The molecule has 21 nitrogen and oxygen atoms in total. The number of nitrogens with one attached hydrogen (secondary N) is 8. The summed E-state index contributed by atoms with van der Waals surface area (Å²) in [6, 6.07) is -9.98. The summed E-state index contributed by atoms with van der Waals surface area (Å²) < 4.78 is 0. The van der Waals surface area contributed by atoms with Crippen molar-refractivity contribution >= 4 is 65.0 Å². The lowest BCUT2D eigenvalue weighted by Gasteiger charge is -2.29. The maximum Gasteiger partial charge on any atom is 0.326 e. The van der Waals surface area contributed by atoms with E-state index in [1.807, 2.05) is 13.8 Å². The van der Waals surface area contributed by atoms with Crippen molar-refractivity contribution in [1.29, 1.82) is 0 Å². The second-order valence-electron chi connectivity index (χ2n) is 17.5. The molecule has 0 radical (unpaired) electrons. The van der Waals surface area contributed by atoms with Gasteiger partial charge in [0.2, 0.25) is 47.3 Å². The first-order valence-corrected chi connectivity index (χ1v) is 22.7. The highest BCUT2D eigenvalue weighted by Crippen LogP contribution is 2.12. The van der Waals surface area contributed by atoms with Crippen LogP contribution in [0.25, 0.3) is 0 Å². The number of carbonyl (C=O) groups is 9. The fourth-order valence-corrected chi connectivity index (χ4v) is 6.48. The minimum atomic E-state index is -1.59. The summed E-state index contributed by atoms with van der Waals surface area (Å²) in [6.07, 6.45) is -0.360. The number of hydrogen-bond acceptors (Lipinski definition) is 13. The minimum Gasteiger partial charge on any atom is -0.480 e. The van der Waals surface area contributed by atoms with E-state index in [9.17, 15) is 58.5 Å². The summed E-state index contributed by atoms with van der Waals surface area (Å²) in [7, 11) is 0. The van der Waals surface area contributed by atoms with Gasteiger partial charge in [-0.05, 0) is 82.1 Å². The molecular formula is C41H75N9O12S. The van der Waals surface area contributed by atoms with Crippen LogP contribution in [0.5, 0.6) is 0 Å². The molecule has 0 fully saturated rings. The van der Waals surface area contributed by atoms with E-state index in [1.54, 1.807) is 47.8 Å². The van der Waals surface area contributed by atoms with Gasteiger partial charge >= 0.3 is 5.97 Å². The van der Waals surface area contributed by atoms with Gasteiger partial charge in [0.15, 0.2) is 0 Å². The van der Waals surface area contributed by atoms with Gasteiger partial charge in [0.25, 0.3) is 0 Å². The monoisotopic (exact) mass is 918 g/mol. The molecule has 0 aliphatic carbocycles. The fraction of sp³-hybridized carbons (Fsp3) is 0.780. The Kier molecular flexibility index (Phi) is 26.9. The summed E-state index contributed by atoms with van der Waals surface area (Å²) in [5, 5.41) is 49.9. The summed E-state index contributed by atoms with van der Waals surface area (Å²) in [5.41, 5.74) is 5.70. The highest BCUT2D eigenvalue weighted by Gasteiger charge is 2.35. The van der Waals surface area contributed by atoms with Gasteiger partial charge in [0, 0.05) is 0 Å². The van der Waals surface area contributed by atoms with Gasteiger partial charge in [-0.15, -0.1) is 0 Å². The lowest BCUT2D eigenvalue weighted by Crippen LogP contribution is -2.61. The Bertz CT molecular complexity index is 1550. The van der Waals surface area contributed by atoms with Crippen LogP contribution in [0.3, 0.4) is 0 Å². The highest BCUT2D eigenvalue weighted by molar-refractivity contribution is 7.98. The lowest BCUT2D eigenvalue weighted by molar-refractivity contribution is -0.143. The van der Waals surface area contributed by atoms with Crippen molar-refractivity contribution in [2.45, 2.75) is 162 Å². The SMILES string of the molecule is CSCC[C@H](NC(=O)[C@@H](NC(=O)[C@H](CC(C)C)NC(=O)[C@H](CC(C)C)NC(=O)CNC(=O)[C@H](C)NC(=O)[C@H](CC(C)C)NC(=O)[C@@H](N)[C@@H](C)O)[C@@H](C)O)C(=O)N[C@@H](C(=O)O)C(C)C. The van der Waals surface area contributed by atoms with Crippen LogP contribution in [0.15, 0.2) is 0 Å². The Hall–Kier alpha value is -4.54. The van der Waals surface area contributed by atoms with E-state index in [2.05, 4.69) is 42.5 Å². The van der Waals surface area contributed by atoms with Crippen LogP contribution >= 0.6 is 11.8 Å². The van der Waals surface area contributed by atoms with E-state index in [1.165, 1.54) is 32.5 Å². The van der Waals surface area contributed by atoms with Crippen LogP contribution in [0, 0.1) is 23.7 Å². The van der Waals surface area contributed by atoms with Crippen LogP contribution < -0.4 is 48.3 Å². The fourth-order valence-electron chi connectivity index (χ4n) is 6.01. The Labute approximate surface area is 375 Å². The van der Waals surface area contributed by atoms with E-state index in [-0.39, 0.29) is 43.4 Å². The van der Waals surface area contributed by atoms with E-state index in [0.717, 1.165) is 0 Å². The van der Waals surface area contributed by atoms with Gasteiger partial charge in [0.1, 0.15) is 48.3 Å². The number of carboxylic acid groups (broad SMARTS) is 1. The zero-order chi connectivity index (χ0) is 48.9. The zero-order valence-electron chi connectivity index (χ0n) is 38.8. The molecule has 0 rings (SSSR count). The molecular weight excluding hydrogens is 843 g/mol. The Balaban J connectivity index is 5.94. The van der Waals surface area contributed by atoms with Gasteiger partial charge < -0.3 is 63.6 Å². The van der Waals surface area contributed by atoms with Gasteiger partial charge in [-0.1, -0.05) is 55.4 Å². The number of thioether (sulfide) groups is 1. The van der Waals surface area contributed by atoms with Crippen LogP contribution in [0.2, 0.25) is 0 Å². The molecule has 0 aromatic rings. The van der Waals surface area contributed by atoms with E-state index >= 15 is 0 Å². The predicted molar refractivity (Wildman–Crippen MR) is 237 cm³/mol. The number of rotatable bonds is 29. The van der Waals surface area contributed by atoms with Crippen LogP contribution in [-0.2, 0) is 43.2 Å². The molecule has 13 N–H and O–H groups in total. The molecule has 0 bridgehead atoms. The van der Waals surface area contributed by atoms with Gasteiger partial charge in [-0.25, -0.2) is 4.79 Å². The highest BCUT2D eigenvalue weighted by atomic mass is 32.2. The molecule has 0 aliphatic heterocycles. The minimum absolute atomic E-state index is 0.0451. The molecule has 8 amide bonds. The number of aliphatic hydroxyl groups is 2. The van der Waals surface area contributed by atoms with Gasteiger partial charge in [0.05, 0.1) is 18.8 Å². The summed E-state index contributed by atoms with van der Waals surface area (Å²) in [6.45, 7) is 17.4. The third kappa shape index (κ3) is 22.6. The molecule has 0 aliphatic rings. The van der Waals surface area contributed by atoms with Crippen LogP contribution in [0.4, 0.5) is 0 Å². The zero-order valence-corrected chi connectivity index (χ0v) is 39.6.